The number of nitrogens with two attached hydrogens (primary N) is 1. The molecule has 0 bridgehead atoms. The number of hydrogen-bond acceptors (Lipinski definition) is 4. The van der Waals surface area contributed by atoms with Gasteiger partial charge in [-0.15, -0.1) is 0 Å². The molecule has 124 valence electrons. The lowest BCUT2D eigenvalue weighted by Gasteiger charge is -2.37. The van der Waals surface area contributed by atoms with Crippen LogP contribution in [0.5, 0.6) is 5.75 Å². The highest BCUT2D eigenvalue weighted by molar-refractivity contribution is 9.10. The van der Waals surface area contributed by atoms with Crippen molar-refractivity contribution in [1.29, 1.82) is 0 Å². The van der Waals surface area contributed by atoms with E-state index >= 15 is 0 Å². The zero-order valence-corrected chi connectivity index (χ0v) is 14.9. The fourth-order valence-electron chi connectivity index (χ4n) is 3.14. The Balaban J connectivity index is 2.19. The summed E-state index contributed by atoms with van der Waals surface area (Å²) in [5.41, 5.74) is 6.41. The molecule has 0 aromatic heterocycles. The maximum Gasteiger partial charge on any atom is 0.261 e. The number of guanidine groups is 1. The molecule has 24 heavy (non-hydrogen) atoms. The Bertz CT molecular complexity index is 799. The van der Waals surface area contributed by atoms with Crippen LogP contribution >= 0.6 is 15.9 Å². The summed E-state index contributed by atoms with van der Waals surface area (Å²) < 4.78 is 6.96. The first-order valence-electron chi connectivity index (χ1n) is 7.48. The minimum atomic E-state index is -1.08. The van der Waals surface area contributed by atoms with E-state index in [1.807, 2.05) is 24.3 Å². The minimum absolute atomic E-state index is 0.158. The van der Waals surface area contributed by atoms with Crippen molar-refractivity contribution < 1.29 is 9.53 Å². The van der Waals surface area contributed by atoms with Gasteiger partial charge in [-0.1, -0.05) is 47.3 Å². The molecule has 2 aliphatic heterocycles. The number of hydrogen-bond donors (Lipinski definition) is 1. The lowest BCUT2D eigenvalue weighted by atomic mass is 9.80. The highest BCUT2D eigenvalue weighted by Crippen LogP contribution is 2.47. The van der Waals surface area contributed by atoms with Gasteiger partial charge in [-0.3, -0.25) is 9.69 Å². The van der Waals surface area contributed by atoms with E-state index in [2.05, 4.69) is 34.1 Å². The second-order valence-electron chi connectivity index (χ2n) is 5.75. The van der Waals surface area contributed by atoms with Gasteiger partial charge >= 0.3 is 0 Å². The second-order valence-corrected chi connectivity index (χ2v) is 6.67. The van der Waals surface area contributed by atoms with Crippen LogP contribution in [0.4, 0.5) is 0 Å². The second kappa shape index (κ2) is 5.94. The number of benzene rings is 1. The highest BCUT2D eigenvalue weighted by Gasteiger charge is 2.53. The van der Waals surface area contributed by atoms with Gasteiger partial charge in [0.15, 0.2) is 11.5 Å². The van der Waals surface area contributed by atoms with E-state index in [0.29, 0.717) is 17.7 Å². The van der Waals surface area contributed by atoms with Gasteiger partial charge < -0.3 is 10.5 Å². The van der Waals surface area contributed by atoms with Gasteiger partial charge in [-0.2, -0.15) is 0 Å². The minimum Gasteiger partial charge on any atom is -0.485 e. The molecule has 2 unspecified atom stereocenters. The van der Waals surface area contributed by atoms with Crippen LogP contribution in [0.15, 0.2) is 64.6 Å². The maximum atomic E-state index is 13.0. The number of halogens is 1. The third-order valence-corrected chi connectivity index (χ3v) is 4.86. The Kier molecular flexibility index (Phi) is 4.09. The molecule has 5 nitrogen and oxygen atoms in total. The molecule has 0 fully saturated rings. The number of likely N-dealkylation sites (N-methyl/N-ethyl adjacent to an activating group) is 1. The largest absolute Gasteiger partial charge is 0.485 e. The number of ether oxygens (including phenoxy) is 1. The van der Waals surface area contributed by atoms with Gasteiger partial charge in [0, 0.05) is 23.5 Å². The Labute approximate surface area is 149 Å². The molecule has 0 radical (unpaired) electrons. The lowest BCUT2D eigenvalue weighted by molar-refractivity contribution is -0.132. The molecule has 0 saturated heterocycles. The van der Waals surface area contributed by atoms with Crippen LogP contribution in [0.2, 0.25) is 0 Å². The molecular formula is C18H18BrN3O2. The predicted octanol–water partition coefficient (Wildman–Crippen LogP) is 2.88. The van der Waals surface area contributed by atoms with Crippen LogP contribution in [-0.2, 0) is 10.3 Å². The Morgan fingerprint density at radius 3 is 2.88 bits per heavy atom. The Morgan fingerprint density at radius 1 is 1.54 bits per heavy atom. The van der Waals surface area contributed by atoms with Gasteiger partial charge in [0.2, 0.25) is 0 Å². The lowest BCUT2D eigenvalue weighted by Crippen LogP contribution is -2.45. The zero-order valence-electron chi connectivity index (χ0n) is 13.3. The topological polar surface area (TPSA) is 67.9 Å². The first-order valence-corrected chi connectivity index (χ1v) is 8.27. The van der Waals surface area contributed by atoms with Crippen molar-refractivity contribution in [3.05, 3.63) is 65.2 Å². The molecule has 1 aromatic carbocycles. The molecule has 2 atom stereocenters. The number of nitrogens with zero attached hydrogens (tertiary/aromatic N) is 2. The molecule has 0 aliphatic carbocycles. The molecule has 6 heteroatoms. The molecule has 3 rings (SSSR count). The van der Waals surface area contributed by atoms with Gasteiger partial charge in [-0.25, -0.2) is 4.99 Å². The van der Waals surface area contributed by atoms with E-state index in [4.69, 9.17) is 10.5 Å². The molecule has 1 aromatic rings. The summed E-state index contributed by atoms with van der Waals surface area (Å²) >= 11 is 3.45. The highest BCUT2D eigenvalue weighted by atomic mass is 79.9. The summed E-state index contributed by atoms with van der Waals surface area (Å²) in [6, 6.07) is 5.57. The number of allylic oxidation sites excluding steroid dienone is 2. The summed E-state index contributed by atoms with van der Waals surface area (Å²) in [5, 5.41) is 0. The van der Waals surface area contributed by atoms with Crippen LogP contribution in [0.3, 0.4) is 0 Å². The number of aliphatic imine (C=N–C) groups is 1. The van der Waals surface area contributed by atoms with Crippen molar-refractivity contribution in [1.82, 2.24) is 4.90 Å². The average Bonchev–Trinajstić information content (AvgIpc) is 2.78. The number of rotatable bonds is 3. The Hall–Kier alpha value is -2.34. The van der Waals surface area contributed by atoms with Crippen LogP contribution in [-0.4, -0.2) is 29.9 Å². The molecule has 2 N–H and O–H groups in total. The standard InChI is InChI=1S/C18H18BrN3O2/c1-4-6-11(5-2)15-10-18(16(23)22(3)17(20)21-18)13-9-12(19)7-8-14(13)24-15/h4-9,15H,1-2,10H2,3H3,(H2,20,21). The first kappa shape index (κ1) is 16.5. The number of carbonyl (C=O) groups is 1. The summed E-state index contributed by atoms with van der Waals surface area (Å²) in [6.07, 6.45) is 5.20. The van der Waals surface area contributed by atoms with Crippen LogP contribution in [0, 0.1) is 0 Å². The maximum absolute atomic E-state index is 13.0. The summed E-state index contributed by atoms with van der Waals surface area (Å²) in [5.74, 6) is 0.667. The zero-order chi connectivity index (χ0) is 17.5. The van der Waals surface area contributed by atoms with Crippen LogP contribution < -0.4 is 10.5 Å². The average molecular weight is 388 g/mol. The van der Waals surface area contributed by atoms with E-state index in [-0.39, 0.29) is 18.0 Å². The van der Waals surface area contributed by atoms with E-state index in [9.17, 15) is 4.79 Å². The fourth-order valence-corrected chi connectivity index (χ4v) is 3.50. The molecule has 1 amide bonds. The van der Waals surface area contributed by atoms with Gasteiger partial charge in [0.05, 0.1) is 0 Å². The van der Waals surface area contributed by atoms with Crippen molar-refractivity contribution in [2.45, 2.75) is 18.1 Å². The number of amides is 1. The predicted molar refractivity (Wildman–Crippen MR) is 97.7 cm³/mol. The molecule has 2 aliphatic rings. The normalized spacial score (nSPS) is 26.0. The summed E-state index contributed by atoms with van der Waals surface area (Å²) in [6.45, 7) is 7.55. The molecule has 1 spiro atoms. The quantitative estimate of drug-likeness (QED) is 0.810. The van der Waals surface area contributed by atoms with Crippen LogP contribution in [0.25, 0.3) is 0 Å². The van der Waals surface area contributed by atoms with Crippen molar-refractivity contribution in [2.75, 3.05) is 7.05 Å². The van der Waals surface area contributed by atoms with Crippen molar-refractivity contribution >= 4 is 27.8 Å². The third kappa shape index (κ3) is 2.38. The van der Waals surface area contributed by atoms with Crippen molar-refractivity contribution in [2.24, 2.45) is 10.7 Å². The summed E-state index contributed by atoms with van der Waals surface area (Å²) in [7, 11) is 1.63. The van der Waals surface area contributed by atoms with E-state index < -0.39 is 5.54 Å². The smallest absolute Gasteiger partial charge is 0.261 e. The van der Waals surface area contributed by atoms with Crippen LogP contribution in [0.1, 0.15) is 12.0 Å². The SMILES string of the molecule is C=CC=C(C=C)C1CC2(N=C(N)N(C)C2=O)c2cc(Br)ccc2O1. The number of fused-ring (bicyclic) bond motifs is 2. The summed E-state index contributed by atoms with van der Waals surface area (Å²) in [4.78, 5) is 18.9. The fraction of sp³-hybridized carbons (Fsp3) is 0.222. The van der Waals surface area contributed by atoms with Gasteiger partial charge in [-0.05, 0) is 23.8 Å². The molecule has 0 saturated carbocycles. The van der Waals surface area contributed by atoms with E-state index in [1.54, 1.807) is 19.2 Å². The van der Waals surface area contributed by atoms with Crippen molar-refractivity contribution in [3.8, 4) is 5.75 Å². The van der Waals surface area contributed by atoms with Gasteiger partial charge in [0.25, 0.3) is 5.91 Å². The van der Waals surface area contributed by atoms with E-state index in [1.165, 1.54) is 4.90 Å². The Morgan fingerprint density at radius 2 is 2.29 bits per heavy atom. The first-order chi connectivity index (χ1) is 11.4. The monoisotopic (exact) mass is 387 g/mol. The van der Waals surface area contributed by atoms with Crippen molar-refractivity contribution in [3.63, 3.8) is 0 Å². The van der Waals surface area contributed by atoms with Gasteiger partial charge in [0.1, 0.15) is 11.9 Å². The number of carbonyl (C=O) groups excluding carboxylic acids is 1. The third-order valence-electron chi connectivity index (χ3n) is 4.36. The molecular weight excluding hydrogens is 370 g/mol. The molecule has 2 heterocycles. The van der Waals surface area contributed by atoms with E-state index in [0.717, 1.165) is 10.0 Å².